The minimum Gasteiger partial charge on any atom is -0.454 e. The van der Waals surface area contributed by atoms with E-state index in [1.54, 1.807) is 0 Å². The summed E-state index contributed by atoms with van der Waals surface area (Å²) in [5.41, 5.74) is 2.09. The molecular weight excluding hydrogens is 282 g/mol. The van der Waals surface area contributed by atoms with Crippen LogP contribution in [0.4, 0.5) is 0 Å². The van der Waals surface area contributed by atoms with E-state index in [-0.39, 0.29) is 24.3 Å². The first kappa shape index (κ1) is 12.8. The number of aliphatic hydroxyl groups is 1. The van der Waals surface area contributed by atoms with Gasteiger partial charge in [0.1, 0.15) is 0 Å². The molecule has 5 rings (SSSR count). The van der Waals surface area contributed by atoms with Crippen LogP contribution in [0, 0.1) is 5.92 Å². The number of carbonyl (C=O) groups excluding carboxylic acids is 1. The number of aliphatic hydroxyl groups excluding tert-OH is 1. The first-order valence-corrected chi connectivity index (χ1v) is 8.10. The SMILES string of the molecule is O=C1C[C@H]2CC[C@@H](O)C[C@]23c2cc4c(cc2CCN13)OCO4. The summed E-state index contributed by atoms with van der Waals surface area (Å²) in [5, 5.41) is 10.3. The third-order valence-electron chi connectivity index (χ3n) is 5.94. The Morgan fingerprint density at radius 3 is 2.91 bits per heavy atom. The van der Waals surface area contributed by atoms with E-state index in [1.165, 1.54) is 11.1 Å². The molecule has 1 aliphatic carbocycles. The summed E-state index contributed by atoms with van der Waals surface area (Å²) in [5.74, 6) is 2.12. The molecule has 1 spiro atoms. The van der Waals surface area contributed by atoms with E-state index >= 15 is 0 Å². The second-order valence-corrected chi connectivity index (χ2v) is 6.92. The molecule has 3 atom stereocenters. The van der Waals surface area contributed by atoms with E-state index in [0.29, 0.717) is 18.8 Å². The van der Waals surface area contributed by atoms with Gasteiger partial charge in [-0.1, -0.05) is 0 Å². The van der Waals surface area contributed by atoms with Crippen molar-refractivity contribution in [3.63, 3.8) is 0 Å². The van der Waals surface area contributed by atoms with Crippen LogP contribution in [0.1, 0.15) is 36.8 Å². The predicted octanol–water partition coefficient (Wildman–Crippen LogP) is 1.56. The maximum atomic E-state index is 12.5. The van der Waals surface area contributed by atoms with Crippen LogP contribution in [0.3, 0.4) is 0 Å². The number of hydrogen-bond donors (Lipinski definition) is 1. The van der Waals surface area contributed by atoms with E-state index in [4.69, 9.17) is 9.47 Å². The molecule has 22 heavy (non-hydrogen) atoms. The first-order chi connectivity index (χ1) is 10.7. The number of fused-ring (bicyclic) bond motifs is 2. The van der Waals surface area contributed by atoms with Gasteiger partial charge in [0.25, 0.3) is 0 Å². The number of rotatable bonds is 0. The highest BCUT2D eigenvalue weighted by molar-refractivity contribution is 5.82. The zero-order chi connectivity index (χ0) is 14.9. The van der Waals surface area contributed by atoms with Crippen LogP contribution in [0.5, 0.6) is 11.5 Å². The van der Waals surface area contributed by atoms with Crippen molar-refractivity contribution in [2.75, 3.05) is 13.3 Å². The highest BCUT2D eigenvalue weighted by atomic mass is 16.7. The van der Waals surface area contributed by atoms with Crippen LogP contribution in [-0.2, 0) is 16.8 Å². The van der Waals surface area contributed by atoms with E-state index in [0.717, 1.165) is 37.3 Å². The van der Waals surface area contributed by atoms with E-state index in [2.05, 4.69) is 12.1 Å². The lowest BCUT2D eigenvalue weighted by molar-refractivity contribution is -0.133. The summed E-state index contributed by atoms with van der Waals surface area (Å²) in [7, 11) is 0. The number of nitrogens with zero attached hydrogens (tertiary/aromatic N) is 1. The molecule has 1 amide bonds. The molecule has 1 N–H and O–H groups in total. The minimum atomic E-state index is -0.332. The molecule has 0 unspecified atom stereocenters. The van der Waals surface area contributed by atoms with Crippen LogP contribution in [0.15, 0.2) is 12.1 Å². The van der Waals surface area contributed by atoms with Gasteiger partial charge < -0.3 is 19.5 Å². The van der Waals surface area contributed by atoms with Gasteiger partial charge in [-0.25, -0.2) is 0 Å². The summed E-state index contributed by atoms with van der Waals surface area (Å²) in [4.78, 5) is 14.5. The molecule has 5 nitrogen and oxygen atoms in total. The fourth-order valence-electron chi connectivity index (χ4n) is 5.03. The highest BCUT2D eigenvalue weighted by Crippen LogP contribution is 2.56. The molecule has 5 heteroatoms. The lowest BCUT2D eigenvalue weighted by atomic mass is 9.66. The van der Waals surface area contributed by atoms with Gasteiger partial charge in [0.05, 0.1) is 11.6 Å². The van der Waals surface area contributed by atoms with Gasteiger partial charge in [-0.2, -0.15) is 0 Å². The normalized spacial score (nSPS) is 35.1. The molecular formula is C17H19NO4. The van der Waals surface area contributed by atoms with E-state index in [9.17, 15) is 9.90 Å². The number of hydrogen-bond acceptors (Lipinski definition) is 4. The molecule has 1 aromatic rings. The third kappa shape index (κ3) is 1.45. The molecule has 0 radical (unpaired) electrons. The molecule has 4 aliphatic rings. The second-order valence-electron chi connectivity index (χ2n) is 6.92. The number of amides is 1. The van der Waals surface area contributed by atoms with Crippen molar-refractivity contribution in [1.29, 1.82) is 0 Å². The highest BCUT2D eigenvalue weighted by Gasteiger charge is 2.58. The van der Waals surface area contributed by atoms with Crippen molar-refractivity contribution in [3.8, 4) is 11.5 Å². The van der Waals surface area contributed by atoms with Gasteiger partial charge in [-0.3, -0.25) is 4.79 Å². The van der Waals surface area contributed by atoms with Crippen LogP contribution in [0.25, 0.3) is 0 Å². The fourth-order valence-corrected chi connectivity index (χ4v) is 5.03. The fraction of sp³-hybridized carbons (Fsp3) is 0.588. The third-order valence-corrected chi connectivity index (χ3v) is 5.94. The van der Waals surface area contributed by atoms with Crippen molar-refractivity contribution >= 4 is 5.91 Å². The molecule has 116 valence electrons. The summed E-state index contributed by atoms with van der Waals surface area (Å²) >= 11 is 0. The number of ether oxygens (including phenoxy) is 2. The Bertz CT molecular complexity index is 673. The molecule has 1 aromatic carbocycles. The van der Waals surface area contributed by atoms with E-state index < -0.39 is 0 Å². The van der Waals surface area contributed by atoms with Crippen molar-refractivity contribution in [2.45, 2.75) is 43.7 Å². The van der Waals surface area contributed by atoms with Crippen molar-refractivity contribution in [2.24, 2.45) is 5.92 Å². The quantitative estimate of drug-likeness (QED) is 0.790. The molecule has 0 aromatic heterocycles. The van der Waals surface area contributed by atoms with Crippen LogP contribution < -0.4 is 9.47 Å². The average molecular weight is 301 g/mol. The van der Waals surface area contributed by atoms with Crippen molar-refractivity contribution in [1.82, 2.24) is 4.90 Å². The Morgan fingerprint density at radius 1 is 1.23 bits per heavy atom. The molecule has 3 heterocycles. The van der Waals surface area contributed by atoms with Crippen LogP contribution in [-0.4, -0.2) is 35.4 Å². The number of benzene rings is 1. The Balaban J connectivity index is 1.73. The Morgan fingerprint density at radius 2 is 2.05 bits per heavy atom. The maximum absolute atomic E-state index is 12.5. The van der Waals surface area contributed by atoms with Crippen LogP contribution >= 0.6 is 0 Å². The topological polar surface area (TPSA) is 59.0 Å². The van der Waals surface area contributed by atoms with Crippen molar-refractivity contribution < 1.29 is 19.4 Å². The maximum Gasteiger partial charge on any atom is 0.231 e. The summed E-state index contributed by atoms with van der Waals surface area (Å²) in [6, 6.07) is 4.14. The molecule has 2 fully saturated rings. The standard InChI is InChI=1S/C17H19NO4/c19-12-2-1-11-6-16(20)18-4-3-10-5-14-15(22-9-21-14)7-13(10)17(11,18)8-12/h5,7,11-12,19H,1-4,6,8-9H2/t11-,12-,17-/m1/s1. The van der Waals surface area contributed by atoms with Gasteiger partial charge in [0.15, 0.2) is 11.5 Å². The minimum absolute atomic E-state index is 0.238. The lowest BCUT2D eigenvalue weighted by Gasteiger charge is -2.50. The lowest BCUT2D eigenvalue weighted by Crippen LogP contribution is -2.54. The Hall–Kier alpha value is -1.75. The molecule has 3 aliphatic heterocycles. The van der Waals surface area contributed by atoms with Crippen molar-refractivity contribution in [3.05, 3.63) is 23.3 Å². The smallest absolute Gasteiger partial charge is 0.231 e. The Labute approximate surface area is 128 Å². The zero-order valence-electron chi connectivity index (χ0n) is 12.4. The van der Waals surface area contributed by atoms with Gasteiger partial charge >= 0.3 is 0 Å². The van der Waals surface area contributed by atoms with Gasteiger partial charge in [-0.05, 0) is 48.4 Å². The van der Waals surface area contributed by atoms with Gasteiger partial charge in [-0.15, -0.1) is 0 Å². The second kappa shape index (κ2) is 4.16. The molecule has 0 bridgehead atoms. The molecule has 1 saturated carbocycles. The monoisotopic (exact) mass is 301 g/mol. The van der Waals surface area contributed by atoms with Gasteiger partial charge in [0.2, 0.25) is 12.7 Å². The first-order valence-electron chi connectivity index (χ1n) is 8.10. The summed E-state index contributed by atoms with van der Waals surface area (Å²) in [6.07, 6.45) is 3.49. The largest absolute Gasteiger partial charge is 0.454 e. The summed E-state index contributed by atoms with van der Waals surface area (Å²) < 4.78 is 11.1. The molecule has 1 saturated heterocycles. The van der Waals surface area contributed by atoms with E-state index in [1.807, 2.05) is 4.90 Å². The average Bonchev–Trinajstić information content (AvgIpc) is 3.06. The zero-order valence-corrected chi connectivity index (χ0v) is 12.4. The predicted molar refractivity (Wildman–Crippen MR) is 77.6 cm³/mol. The summed E-state index contributed by atoms with van der Waals surface area (Å²) in [6.45, 7) is 1.01. The Kier molecular flexibility index (Phi) is 2.41. The van der Waals surface area contributed by atoms with Crippen LogP contribution in [0.2, 0.25) is 0 Å². The number of carbonyl (C=O) groups is 1. The van der Waals surface area contributed by atoms with Gasteiger partial charge in [0, 0.05) is 19.4 Å².